The van der Waals surface area contributed by atoms with E-state index in [-0.39, 0.29) is 18.2 Å². The number of rotatable bonds is 5. The number of benzene rings is 3. The monoisotopic (exact) mass is 503 g/mol. The molecule has 6 nitrogen and oxygen atoms in total. The smallest absolute Gasteiger partial charge is 0.261 e. The molecule has 0 bridgehead atoms. The van der Waals surface area contributed by atoms with Crippen molar-refractivity contribution in [2.45, 2.75) is 31.9 Å². The lowest BCUT2D eigenvalue weighted by Gasteiger charge is -2.29. The molecule has 38 heavy (non-hydrogen) atoms. The summed E-state index contributed by atoms with van der Waals surface area (Å²) >= 11 is 0. The number of aromatic nitrogens is 3. The van der Waals surface area contributed by atoms with Crippen LogP contribution in [0.2, 0.25) is 0 Å². The lowest BCUT2D eigenvalue weighted by atomic mass is 9.95. The largest absolute Gasteiger partial charge is 0.389 e. The van der Waals surface area contributed by atoms with Gasteiger partial charge in [0.2, 0.25) is 0 Å². The summed E-state index contributed by atoms with van der Waals surface area (Å²) in [6.45, 7) is 6.70. The van der Waals surface area contributed by atoms with Crippen molar-refractivity contribution in [2.75, 3.05) is 13.2 Å². The van der Waals surface area contributed by atoms with E-state index in [9.17, 15) is 9.90 Å². The second-order valence-electron chi connectivity index (χ2n) is 10.0. The molecule has 1 fully saturated rings. The normalized spacial score (nSPS) is 17.6. The summed E-state index contributed by atoms with van der Waals surface area (Å²) in [4.78, 5) is 22.7. The first kappa shape index (κ1) is 24.2. The van der Waals surface area contributed by atoms with E-state index >= 15 is 0 Å². The second-order valence-corrected chi connectivity index (χ2v) is 10.0. The van der Waals surface area contributed by atoms with Crippen molar-refractivity contribution in [3.63, 3.8) is 0 Å². The lowest BCUT2D eigenvalue weighted by molar-refractivity contribution is -0.0395. The van der Waals surface area contributed by atoms with Crippen molar-refractivity contribution < 1.29 is 9.84 Å². The number of aliphatic hydroxyl groups excluding tert-OH is 1. The molecule has 0 radical (unpaired) electrons. The van der Waals surface area contributed by atoms with Crippen molar-refractivity contribution in [1.29, 1.82) is 0 Å². The number of hydrogen-bond acceptors (Lipinski definition) is 5. The molecule has 6 rings (SSSR count). The molecule has 190 valence electrons. The third-order valence-corrected chi connectivity index (χ3v) is 7.41. The summed E-state index contributed by atoms with van der Waals surface area (Å²) in [7, 11) is 0. The summed E-state index contributed by atoms with van der Waals surface area (Å²) in [6, 6.07) is 22.3. The molecule has 1 saturated heterocycles. The SMILES string of the molecule is C=C(C)c1cc(-c2ccc(Cc3cc4c(=O)n([C@H]5CCOC[C@@H]5O)cnc4c4ccccc34)cc2)ccn1. The molecule has 1 N–H and O–H groups in total. The van der Waals surface area contributed by atoms with Gasteiger partial charge in [-0.3, -0.25) is 14.3 Å². The van der Waals surface area contributed by atoms with Crippen LogP contribution in [0.3, 0.4) is 0 Å². The van der Waals surface area contributed by atoms with Crippen molar-refractivity contribution >= 4 is 27.2 Å². The van der Waals surface area contributed by atoms with Gasteiger partial charge in [-0.1, -0.05) is 55.1 Å². The number of nitrogens with zero attached hydrogens (tertiary/aromatic N) is 3. The molecule has 3 aromatic carbocycles. The maximum Gasteiger partial charge on any atom is 0.261 e. The van der Waals surface area contributed by atoms with E-state index in [1.807, 2.05) is 43.5 Å². The number of allylic oxidation sites excluding steroid dienone is 1. The minimum absolute atomic E-state index is 0.130. The Bertz CT molecular complexity index is 1720. The molecule has 0 unspecified atom stereocenters. The Morgan fingerprint density at radius 2 is 1.82 bits per heavy atom. The van der Waals surface area contributed by atoms with E-state index in [4.69, 9.17) is 9.72 Å². The zero-order valence-electron chi connectivity index (χ0n) is 21.3. The molecule has 5 aromatic rings. The molecule has 0 aliphatic carbocycles. The summed E-state index contributed by atoms with van der Waals surface area (Å²) in [6.07, 6.45) is 3.91. The highest BCUT2D eigenvalue weighted by Gasteiger charge is 2.27. The van der Waals surface area contributed by atoms with Crippen LogP contribution < -0.4 is 5.56 Å². The topological polar surface area (TPSA) is 77.2 Å². The van der Waals surface area contributed by atoms with Crippen LogP contribution in [-0.2, 0) is 11.2 Å². The standard InChI is InChI=1S/C32H29N3O3/c1-20(2)28-17-23(11-13-33-28)22-9-7-21(8-10-22)15-24-16-27-31(26-6-4-3-5-25(24)26)34-19-35(32(27)37)29-12-14-38-18-30(29)36/h3-11,13,16-17,19,29-30,36H,1,12,14-15,18H2,2H3/t29-,30-/m0/s1. The van der Waals surface area contributed by atoms with Gasteiger partial charge in [0.1, 0.15) is 0 Å². The fraction of sp³-hybridized carbons (Fsp3) is 0.219. The molecule has 6 heteroatoms. The highest BCUT2D eigenvalue weighted by Crippen LogP contribution is 2.29. The molecule has 0 amide bonds. The highest BCUT2D eigenvalue weighted by atomic mass is 16.5. The quantitative estimate of drug-likeness (QED) is 0.318. The van der Waals surface area contributed by atoms with Gasteiger partial charge in [0.15, 0.2) is 0 Å². The first-order chi connectivity index (χ1) is 18.5. The second kappa shape index (κ2) is 9.97. The van der Waals surface area contributed by atoms with E-state index in [2.05, 4.69) is 48.0 Å². The molecule has 1 aliphatic rings. The third kappa shape index (κ3) is 4.42. The van der Waals surface area contributed by atoms with Crippen LogP contribution in [0.15, 0.2) is 90.6 Å². The Morgan fingerprint density at radius 3 is 2.58 bits per heavy atom. The molecular formula is C32H29N3O3. The molecule has 0 spiro atoms. The average molecular weight is 504 g/mol. The molecule has 2 atom stereocenters. The molecule has 1 aliphatic heterocycles. The number of aliphatic hydroxyl groups is 1. The van der Waals surface area contributed by atoms with E-state index < -0.39 is 6.10 Å². The van der Waals surface area contributed by atoms with E-state index in [1.54, 1.807) is 10.9 Å². The lowest BCUT2D eigenvalue weighted by Crippen LogP contribution is -2.39. The number of hydrogen-bond donors (Lipinski definition) is 1. The van der Waals surface area contributed by atoms with Gasteiger partial charge in [-0.05, 0) is 71.2 Å². The first-order valence-corrected chi connectivity index (χ1v) is 12.9. The average Bonchev–Trinajstić information content (AvgIpc) is 2.95. The predicted molar refractivity (Wildman–Crippen MR) is 151 cm³/mol. The Hall–Kier alpha value is -4.13. The van der Waals surface area contributed by atoms with Gasteiger partial charge in [0.25, 0.3) is 5.56 Å². The zero-order valence-corrected chi connectivity index (χ0v) is 21.3. The van der Waals surface area contributed by atoms with Crippen LogP contribution in [0, 0.1) is 0 Å². The fourth-order valence-electron chi connectivity index (χ4n) is 5.35. The van der Waals surface area contributed by atoms with Gasteiger partial charge in [-0.15, -0.1) is 0 Å². The van der Waals surface area contributed by atoms with Crippen molar-refractivity contribution in [1.82, 2.24) is 14.5 Å². The Kier molecular flexibility index (Phi) is 6.35. The van der Waals surface area contributed by atoms with Gasteiger partial charge in [0.05, 0.1) is 41.7 Å². The van der Waals surface area contributed by atoms with Gasteiger partial charge in [-0.2, -0.15) is 0 Å². The van der Waals surface area contributed by atoms with Crippen molar-refractivity contribution in [3.8, 4) is 11.1 Å². The molecule has 3 heterocycles. The van der Waals surface area contributed by atoms with E-state index in [0.717, 1.165) is 44.3 Å². The fourth-order valence-corrected chi connectivity index (χ4v) is 5.35. The minimum atomic E-state index is -0.731. The van der Waals surface area contributed by atoms with Gasteiger partial charge < -0.3 is 9.84 Å². The Balaban J connectivity index is 1.40. The van der Waals surface area contributed by atoms with Crippen molar-refractivity contribution in [2.24, 2.45) is 0 Å². The molecule has 0 saturated carbocycles. The number of pyridine rings is 1. The maximum atomic E-state index is 13.7. The predicted octanol–water partition coefficient (Wildman–Crippen LogP) is 5.56. The first-order valence-electron chi connectivity index (χ1n) is 12.9. The van der Waals surface area contributed by atoms with Crippen molar-refractivity contribution in [3.05, 3.63) is 113 Å². The number of ether oxygens (including phenoxy) is 1. The summed E-state index contributed by atoms with van der Waals surface area (Å²) < 4.78 is 6.94. The maximum absolute atomic E-state index is 13.7. The van der Waals surface area contributed by atoms with Crippen LogP contribution in [0.5, 0.6) is 0 Å². The Morgan fingerprint density at radius 1 is 1.03 bits per heavy atom. The Labute approximate surface area is 220 Å². The van der Waals surface area contributed by atoms with Crippen LogP contribution >= 0.6 is 0 Å². The molecule has 2 aromatic heterocycles. The summed E-state index contributed by atoms with van der Waals surface area (Å²) in [5.41, 5.74) is 6.82. The van der Waals surface area contributed by atoms with Gasteiger partial charge >= 0.3 is 0 Å². The number of fused-ring (bicyclic) bond motifs is 3. The van der Waals surface area contributed by atoms with Gasteiger partial charge in [-0.25, -0.2) is 4.98 Å². The summed E-state index contributed by atoms with van der Waals surface area (Å²) in [5.74, 6) is 0. The third-order valence-electron chi connectivity index (χ3n) is 7.41. The van der Waals surface area contributed by atoms with Crippen LogP contribution in [0.1, 0.15) is 36.2 Å². The minimum Gasteiger partial charge on any atom is -0.389 e. The van der Waals surface area contributed by atoms with Crippen LogP contribution in [0.25, 0.3) is 38.4 Å². The molecular weight excluding hydrogens is 474 g/mol. The van der Waals surface area contributed by atoms with E-state index in [0.29, 0.717) is 30.4 Å². The van der Waals surface area contributed by atoms with Crippen LogP contribution in [0.4, 0.5) is 0 Å². The van der Waals surface area contributed by atoms with Gasteiger partial charge in [0, 0.05) is 18.2 Å². The summed E-state index contributed by atoms with van der Waals surface area (Å²) in [5, 5.41) is 13.1. The zero-order chi connectivity index (χ0) is 26.2. The van der Waals surface area contributed by atoms with Crippen LogP contribution in [-0.4, -0.2) is 39.0 Å². The van der Waals surface area contributed by atoms with E-state index in [1.165, 1.54) is 0 Å². The highest BCUT2D eigenvalue weighted by molar-refractivity contribution is 6.06.